The Morgan fingerprint density at radius 2 is 2.12 bits per heavy atom. The molecule has 2 N–H and O–H groups in total. The summed E-state index contributed by atoms with van der Waals surface area (Å²) in [5, 5.41) is 7.47. The number of nitrogens with zero attached hydrogens (tertiary/aromatic N) is 2. The summed E-state index contributed by atoms with van der Waals surface area (Å²) >= 11 is 1.57. The molecular formula is C11H18N4S. The van der Waals surface area contributed by atoms with Crippen LogP contribution in [0.15, 0.2) is 11.2 Å². The largest absolute Gasteiger partial charge is 0.370 e. The Labute approximate surface area is 101 Å². The van der Waals surface area contributed by atoms with E-state index in [9.17, 15) is 0 Å². The van der Waals surface area contributed by atoms with Gasteiger partial charge in [-0.05, 0) is 25.5 Å². The van der Waals surface area contributed by atoms with Crippen LogP contribution in [0.4, 0.5) is 11.6 Å². The van der Waals surface area contributed by atoms with E-state index in [0.29, 0.717) is 6.04 Å². The van der Waals surface area contributed by atoms with Crippen LogP contribution in [0.25, 0.3) is 0 Å². The Morgan fingerprint density at radius 3 is 2.69 bits per heavy atom. The third-order valence-electron chi connectivity index (χ3n) is 2.69. The minimum absolute atomic E-state index is 0.596. The highest BCUT2D eigenvalue weighted by atomic mass is 32.2. The molecule has 1 aliphatic carbocycles. The zero-order valence-corrected chi connectivity index (χ0v) is 10.8. The van der Waals surface area contributed by atoms with Crippen molar-refractivity contribution in [2.75, 3.05) is 23.4 Å². The average Bonchev–Trinajstić information content (AvgIpc) is 2.94. The van der Waals surface area contributed by atoms with E-state index in [1.54, 1.807) is 11.8 Å². The molecule has 0 aromatic carbocycles. The number of anilines is 2. The molecule has 0 radical (unpaired) electrons. The highest BCUT2D eigenvalue weighted by molar-refractivity contribution is 7.98. The molecule has 4 nitrogen and oxygen atoms in total. The minimum Gasteiger partial charge on any atom is -0.370 e. The van der Waals surface area contributed by atoms with E-state index in [0.717, 1.165) is 29.3 Å². The zero-order valence-electron chi connectivity index (χ0n) is 9.95. The van der Waals surface area contributed by atoms with Crippen LogP contribution in [0, 0.1) is 5.92 Å². The van der Waals surface area contributed by atoms with Gasteiger partial charge in [0.1, 0.15) is 11.6 Å². The third kappa shape index (κ3) is 2.78. The molecule has 0 aliphatic heterocycles. The SMILES string of the molecule is CCNc1cc(NC2CC2C)nc(SC)n1. The fourth-order valence-electron chi connectivity index (χ4n) is 1.58. The molecule has 5 heteroatoms. The van der Waals surface area contributed by atoms with Crippen LogP contribution in [-0.4, -0.2) is 28.8 Å². The molecule has 2 rings (SSSR count). The molecule has 1 aromatic heterocycles. The quantitative estimate of drug-likeness (QED) is 0.609. The smallest absolute Gasteiger partial charge is 0.191 e. The summed E-state index contributed by atoms with van der Waals surface area (Å²) < 4.78 is 0. The first-order valence-electron chi connectivity index (χ1n) is 5.66. The normalized spacial score (nSPS) is 22.9. The zero-order chi connectivity index (χ0) is 11.5. The number of hydrogen-bond donors (Lipinski definition) is 2. The number of nitrogens with one attached hydrogen (secondary N) is 2. The molecule has 2 atom stereocenters. The molecule has 1 saturated carbocycles. The fourth-order valence-corrected chi connectivity index (χ4v) is 1.95. The summed E-state index contributed by atoms with van der Waals surface area (Å²) in [5.74, 6) is 2.61. The lowest BCUT2D eigenvalue weighted by Gasteiger charge is -2.09. The van der Waals surface area contributed by atoms with Crippen molar-refractivity contribution >= 4 is 23.4 Å². The number of rotatable bonds is 5. The van der Waals surface area contributed by atoms with E-state index in [1.807, 2.05) is 12.3 Å². The van der Waals surface area contributed by atoms with Gasteiger partial charge >= 0.3 is 0 Å². The van der Waals surface area contributed by atoms with Crippen molar-refractivity contribution in [3.05, 3.63) is 6.07 Å². The maximum absolute atomic E-state index is 4.45. The molecule has 0 spiro atoms. The van der Waals surface area contributed by atoms with Gasteiger partial charge in [0.15, 0.2) is 5.16 Å². The highest BCUT2D eigenvalue weighted by Gasteiger charge is 2.32. The number of thioether (sulfide) groups is 1. The van der Waals surface area contributed by atoms with Crippen LogP contribution < -0.4 is 10.6 Å². The van der Waals surface area contributed by atoms with Crippen LogP contribution in [0.5, 0.6) is 0 Å². The first-order valence-corrected chi connectivity index (χ1v) is 6.89. The Bertz CT molecular complexity index is 369. The van der Waals surface area contributed by atoms with Crippen LogP contribution in [0.1, 0.15) is 20.3 Å². The Hall–Kier alpha value is -0.970. The second kappa shape index (κ2) is 4.91. The summed E-state index contributed by atoms with van der Waals surface area (Å²) in [5.41, 5.74) is 0. The lowest BCUT2D eigenvalue weighted by atomic mass is 10.4. The van der Waals surface area contributed by atoms with Crippen LogP contribution >= 0.6 is 11.8 Å². The van der Waals surface area contributed by atoms with Gasteiger partial charge < -0.3 is 10.6 Å². The molecule has 1 fully saturated rings. The van der Waals surface area contributed by atoms with E-state index in [2.05, 4.69) is 34.4 Å². The van der Waals surface area contributed by atoms with Gasteiger partial charge in [0.2, 0.25) is 0 Å². The van der Waals surface area contributed by atoms with E-state index < -0.39 is 0 Å². The standard InChI is InChI=1S/C11H18N4S/c1-4-12-9-6-10(13-8-5-7(8)2)15-11(14-9)16-3/h6-8H,4-5H2,1-3H3,(H2,12,13,14,15). The van der Waals surface area contributed by atoms with Crippen molar-refractivity contribution in [2.24, 2.45) is 5.92 Å². The Balaban J connectivity index is 2.12. The molecule has 1 aliphatic rings. The maximum atomic E-state index is 4.45. The van der Waals surface area contributed by atoms with Gasteiger partial charge in [-0.2, -0.15) is 0 Å². The lowest BCUT2D eigenvalue weighted by molar-refractivity contribution is 0.903. The lowest BCUT2D eigenvalue weighted by Crippen LogP contribution is -2.08. The molecule has 0 saturated heterocycles. The van der Waals surface area contributed by atoms with Gasteiger partial charge in [-0.1, -0.05) is 18.7 Å². The van der Waals surface area contributed by atoms with Crippen LogP contribution in [-0.2, 0) is 0 Å². The van der Waals surface area contributed by atoms with Crippen LogP contribution in [0.3, 0.4) is 0 Å². The first-order chi connectivity index (χ1) is 7.72. The summed E-state index contributed by atoms with van der Waals surface area (Å²) in [7, 11) is 0. The number of aromatic nitrogens is 2. The summed E-state index contributed by atoms with van der Waals surface area (Å²) in [6, 6.07) is 2.58. The summed E-state index contributed by atoms with van der Waals surface area (Å²) in [6.45, 7) is 5.20. The van der Waals surface area contributed by atoms with Gasteiger partial charge in [0.25, 0.3) is 0 Å². The Kier molecular flexibility index (Phi) is 3.53. The minimum atomic E-state index is 0.596. The van der Waals surface area contributed by atoms with Gasteiger partial charge in [0.05, 0.1) is 0 Å². The second-order valence-corrected chi connectivity index (χ2v) is 4.89. The van der Waals surface area contributed by atoms with Crippen molar-refractivity contribution in [3.8, 4) is 0 Å². The van der Waals surface area contributed by atoms with E-state index in [-0.39, 0.29) is 0 Å². The van der Waals surface area contributed by atoms with E-state index in [1.165, 1.54) is 6.42 Å². The van der Waals surface area contributed by atoms with Gasteiger partial charge in [0, 0.05) is 18.7 Å². The monoisotopic (exact) mass is 238 g/mol. The first kappa shape index (κ1) is 11.5. The van der Waals surface area contributed by atoms with Gasteiger partial charge in [-0.25, -0.2) is 9.97 Å². The maximum Gasteiger partial charge on any atom is 0.191 e. The number of hydrogen-bond acceptors (Lipinski definition) is 5. The molecule has 16 heavy (non-hydrogen) atoms. The molecule has 1 heterocycles. The second-order valence-electron chi connectivity index (χ2n) is 4.12. The molecule has 0 bridgehead atoms. The van der Waals surface area contributed by atoms with Crippen molar-refractivity contribution in [1.82, 2.24) is 9.97 Å². The molecule has 0 amide bonds. The molecule has 1 aromatic rings. The van der Waals surface area contributed by atoms with Crippen molar-refractivity contribution < 1.29 is 0 Å². The van der Waals surface area contributed by atoms with E-state index >= 15 is 0 Å². The third-order valence-corrected chi connectivity index (χ3v) is 3.24. The van der Waals surface area contributed by atoms with E-state index in [4.69, 9.17) is 0 Å². The summed E-state index contributed by atoms with van der Waals surface area (Å²) in [4.78, 5) is 8.84. The fraction of sp³-hybridized carbons (Fsp3) is 0.636. The van der Waals surface area contributed by atoms with Gasteiger partial charge in [-0.15, -0.1) is 0 Å². The van der Waals surface area contributed by atoms with Crippen molar-refractivity contribution in [1.29, 1.82) is 0 Å². The molecule has 2 unspecified atom stereocenters. The van der Waals surface area contributed by atoms with Crippen molar-refractivity contribution in [3.63, 3.8) is 0 Å². The predicted molar refractivity (Wildman–Crippen MR) is 69.2 cm³/mol. The van der Waals surface area contributed by atoms with Crippen molar-refractivity contribution in [2.45, 2.75) is 31.5 Å². The summed E-state index contributed by atoms with van der Waals surface area (Å²) in [6.07, 6.45) is 3.24. The Morgan fingerprint density at radius 1 is 1.44 bits per heavy atom. The van der Waals surface area contributed by atoms with Gasteiger partial charge in [-0.3, -0.25) is 0 Å². The highest BCUT2D eigenvalue weighted by Crippen LogP contribution is 2.32. The molecular weight excluding hydrogens is 220 g/mol. The predicted octanol–water partition coefficient (Wildman–Crippen LogP) is 2.45. The average molecular weight is 238 g/mol. The molecule has 88 valence electrons. The topological polar surface area (TPSA) is 49.8 Å². The van der Waals surface area contributed by atoms with Crippen LogP contribution in [0.2, 0.25) is 0 Å².